The highest BCUT2D eigenvalue weighted by atomic mass is 35.5. The van der Waals surface area contributed by atoms with Crippen LogP contribution in [-0.2, 0) is 14.6 Å². The average Bonchev–Trinajstić information content (AvgIpc) is 3.32. The fourth-order valence-electron chi connectivity index (χ4n) is 4.73. The molecule has 152 valence electrons. The molecule has 1 atom stereocenters. The molecule has 0 spiro atoms. The Morgan fingerprint density at radius 2 is 2.11 bits per heavy atom. The van der Waals surface area contributed by atoms with E-state index in [2.05, 4.69) is 9.97 Å². The molecule has 4 rings (SSSR count). The molecule has 2 fully saturated rings. The molecule has 0 saturated heterocycles. The van der Waals surface area contributed by atoms with Crippen LogP contribution in [-0.4, -0.2) is 31.2 Å². The van der Waals surface area contributed by atoms with Gasteiger partial charge in [0.2, 0.25) is 0 Å². The maximum absolute atomic E-state index is 13.7. The minimum Gasteiger partial charge on any atom is -0.365 e. The molecule has 1 unspecified atom stereocenters. The van der Waals surface area contributed by atoms with Crippen LogP contribution in [0.2, 0.25) is 5.02 Å². The molecule has 1 aromatic heterocycles. The molecule has 8 heteroatoms. The Labute approximate surface area is 169 Å². The number of imidazole rings is 1. The van der Waals surface area contributed by atoms with E-state index in [9.17, 15) is 12.8 Å². The molecular weight excluding hydrogens is 403 g/mol. The largest absolute Gasteiger partial charge is 0.365 e. The fraction of sp³-hybridized carbons (Fsp3) is 0.550. The molecule has 2 aromatic rings. The van der Waals surface area contributed by atoms with Gasteiger partial charge in [0.25, 0.3) is 0 Å². The molecule has 1 heterocycles. The number of aromatic amines is 1. The van der Waals surface area contributed by atoms with Crippen molar-refractivity contribution in [3.63, 3.8) is 0 Å². The molecule has 2 bridgehead atoms. The van der Waals surface area contributed by atoms with Gasteiger partial charge in [-0.1, -0.05) is 17.7 Å². The summed E-state index contributed by atoms with van der Waals surface area (Å²) < 4.78 is 44.0. The van der Waals surface area contributed by atoms with E-state index in [-0.39, 0.29) is 15.5 Å². The van der Waals surface area contributed by atoms with E-state index in [1.807, 2.05) is 0 Å². The zero-order valence-corrected chi connectivity index (χ0v) is 17.5. The van der Waals surface area contributed by atoms with Gasteiger partial charge in [0, 0.05) is 6.26 Å². The van der Waals surface area contributed by atoms with Crippen molar-refractivity contribution in [1.29, 1.82) is 0 Å². The number of halogens is 2. The van der Waals surface area contributed by atoms with Crippen LogP contribution in [0.4, 0.5) is 4.39 Å². The number of benzene rings is 1. The maximum atomic E-state index is 13.7. The van der Waals surface area contributed by atoms with Gasteiger partial charge >= 0.3 is 0 Å². The third kappa shape index (κ3) is 3.72. The molecule has 0 amide bonds. The summed E-state index contributed by atoms with van der Waals surface area (Å²) in [4.78, 5) is 7.36. The van der Waals surface area contributed by atoms with Crippen molar-refractivity contribution in [2.24, 2.45) is 11.3 Å². The molecule has 5 nitrogen and oxygen atoms in total. The minimum atomic E-state index is -3.47. The van der Waals surface area contributed by atoms with Gasteiger partial charge in [0.1, 0.15) is 17.7 Å². The van der Waals surface area contributed by atoms with Gasteiger partial charge in [-0.2, -0.15) is 0 Å². The van der Waals surface area contributed by atoms with Crippen LogP contribution in [0.5, 0.6) is 0 Å². The Bertz CT molecular complexity index is 997. The van der Waals surface area contributed by atoms with Crippen LogP contribution in [0.15, 0.2) is 23.2 Å². The van der Waals surface area contributed by atoms with Gasteiger partial charge in [-0.3, -0.25) is 0 Å². The van der Waals surface area contributed by atoms with Gasteiger partial charge in [0.05, 0.1) is 17.3 Å². The first-order chi connectivity index (χ1) is 13.2. The Morgan fingerprint density at radius 1 is 1.39 bits per heavy atom. The van der Waals surface area contributed by atoms with Crippen LogP contribution in [0.3, 0.4) is 0 Å². The Hall–Kier alpha value is -1.44. The summed E-state index contributed by atoms with van der Waals surface area (Å²) in [7, 11) is -3.47. The number of nitrogens with zero attached hydrogens (tertiary/aromatic N) is 1. The van der Waals surface area contributed by atoms with E-state index >= 15 is 0 Å². The van der Waals surface area contributed by atoms with Crippen molar-refractivity contribution in [2.75, 3.05) is 12.9 Å². The quantitative estimate of drug-likeness (QED) is 0.732. The lowest BCUT2D eigenvalue weighted by molar-refractivity contribution is 0.00743. The molecule has 28 heavy (non-hydrogen) atoms. The normalized spacial score (nSPS) is 25.4. The second kappa shape index (κ2) is 7.11. The van der Waals surface area contributed by atoms with Crippen molar-refractivity contribution in [3.8, 4) is 0 Å². The van der Waals surface area contributed by atoms with E-state index < -0.39 is 21.8 Å². The number of hydrogen-bond acceptors (Lipinski definition) is 4. The summed E-state index contributed by atoms with van der Waals surface area (Å²) in [5.41, 5.74) is 1.29. The lowest BCUT2D eigenvalue weighted by Crippen LogP contribution is -2.24. The number of nitrogens with one attached hydrogen (secondary N) is 1. The highest BCUT2D eigenvalue weighted by Gasteiger charge is 2.45. The highest BCUT2D eigenvalue weighted by molar-refractivity contribution is 7.90. The molecule has 2 aliphatic rings. The number of hydrogen-bond donors (Lipinski definition) is 1. The van der Waals surface area contributed by atoms with Crippen LogP contribution in [0.25, 0.3) is 0 Å². The Morgan fingerprint density at radius 3 is 2.64 bits per heavy atom. The second-order valence-electron chi connectivity index (χ2n) is 8.34. The summed E-state index contributed by atoms with van der Waals surface area (Å²) >= 11 is 5.99. The lowest BCUT2D eigenvalue weighted by Gasteiger charge is -2.28. The number of rotatable bonds is 6. The Balaban J connectivity index is 1.68. The first-order valence-electron chi connectivity index (χ1n) is 9.50. The van der Waals surface area contributed by atoms with E-state index in [0.29, 0.717) is 23.7 Å². The summed E-state index contributed by atoms with van der Waals surface area (Å²) in [6.45, 7) is 2.23. The monoisotopic (exact) mass is 426 g/mol. The first-order valence-corrected chi connectivity index (χ1v) is 11.8. The summed E-state index contributed by atoms with van der Waals surface area (Å²) in [6.07, 6.45) is 6.46. The zero-order valence-electron chi connectivity index (χ0n) is 16.0. The van der Waals surface area contributed by atoms with Gasteiger partial charge in [-0.05, 0) is 68.1 Å². The molecule has 2 saturated carbocycles. The predicted octanol–water partition coefficient (Wildman–Crippen LogP) is 4.60. The number of ether oxygens (including phenoxy) is 1. The van der Waals surface area contributed by atoms with Crippen LogP contribution in [0, 0.1) is 24.1 Å². The smallest absolute Gasteiger partial charge is 0.194 e. The van der Waals surface area contributed by atoms with Crippen molar-refractivity contribution >= 4 is 21.4 Å². The lowest BCUT2D eigenvalue weighted by atomic mass is 9.85. The SMILES string of the molecule is Cc1[nH]c(C(OCC23CCC(CC2)C3)c2ccc(F)c(Cl)c2)nc1S(C)(=O)=O. The van der Waals surface area contributed by atoms with Crippen LogP contribution >= 0.6 is 11.6 Å². The standard InChI is InChI=1S/C20H24ClFN2O3S/c1-12-19(28(2,25)26)24-18(23-12)17(14-3-4-16(22)15(21)9-14)27-11-20-7-5-13(10-20)6-8-20/h3-4,9,13,17H,5-8,10-11H2,1-2H3,(H,23,24). The fourth-order valence-corrected chi connectivity index (χ4v) is 5.79. The topological polar surface area (TPSA) is 72.0 Å². The number of sulfone groups is 1. The number of aromatic nitrogens is 2. The number of H-pyrrole nitrogens is 1. The van der Waals surface area contributed by atoms with Crippen molar-refractivity contribution in [1.82, 2.24) is 9.97 Å². The predicted molar refractivity (Wildman–Crippen MR) is 105 cm³/mol. The highest BCUT2D eigenvalue weighted by Crippen LogP contribution is 2.54. The van der Waals surface area contributed by atoms with E-state index in [4.69, 9.17) is 16.3 Å². The van der Waals surface area contributed by atoms with Gasteiger partial charge < -0.3 is 9.72 Å². The van der Waals surface area contributed by atoms with Crippen molar-refractivity contribution in [3.05, 3.63) is 46.1 Å². The summed E-state index contributed by atoms with van der Waals surface area (Å²) in [5.74, 6) is 0.680. The average molecular weight is 427 g/mol. The Kier molecular flexibility index (Phi) is 5.04. The minimum absolute atomic E-state index is 0.00215. The van der Waals surface area contributed by atoms with Crippen LogP contribution in [0.1, 0.15) is 55.3 Å². The van der Waals surface area contributed by atoms with E-state index in [1.54, 1.807) is 13.0 Å². The number of aryl methyl sites for hydroxylation is 1. The molecule has 1 aromatic carbocycles. The third-order valence-corrected chi connectivity index (χ3v) is 7.54. The molecule has 2 aliphatic carbocycles. The molecule has 0 aliphatic heterocycles. The summed E-state index contributed by atoms with van der Waals surface area (Å²) in [6, 6.07) is 4.41. The van der Waals surface area contributed by atoms with Gasteiger partial charge in [-0.25, -0.2) is 17.8 Å². The molecule has 0 radical (unpaired) electrons. The van der Waals surface area contributed by atoms with E-state index in [0.717, 1.165) is 25.0 Å². The molecule has 1 N–H and O–H groups in total. The number of fused-ring (bicyclic) bond motifs is 2. The van der Waals surface area contributed by atoms with E-state index in [1.165, 1.54) is 31.4 Å². The summed E-state index contributed by atoms with van der Waals surface area (Å²) in [5, 5.41) is 0.00180. The first kappa shape index (κ1) is 19.9. The van der Waals surface area contributed by atoms with Crippen molar-refractivity contribution in [2.45, 2.75) is 50.2 Å². The molecular formula is C20H24ClFN2O3S. The van der Waals surface area contributed by atoms with Gasteiger partial charge in [0.15, 0.2) is 14.9 Å². The second-order valence-corrected chi connectivity index (χ2v) is 10.7. The third-order valence-electron chi connectivity index (χ3n) is 6.15. The van der Waals surface area contributed by atoms with Crippen molar-refractivity contribution < 1.29 is 17.5 Å². The zero-order chi connectivity index (χ0) is 20.1. The van der Waals surface area contributed by atoms with Crippen LogP contribution < -0.4 is 0 Å². The maximum Gasteiger partial charge on any atom is 0.194 e. The van der Waals surface area contributed by atoms with Gasteiger partial charge in [-0.15, -0.1) is 0 Å².